The number of halogens is 1. The molecule has 1 amide bonds. The number of benzene rings is 1. The summed E-state index contributed by atoms with van der Waals surface area (Å²) in [5.41, 5.74) is -0.926. The molecular weight excluding hydrogens is 484 g/mol. The minimum Gasteiger partial charge on any atom is -0.467 e. The number of primary sulfonamides is 1. The smallest absolute Gasteiger partial charge is 0.340 e. The number of anilines is 1. The second-order valence-electron chi connectivity index (χ2n) is 6.55. The van der Waals surface area contributed by atoms with Crippen LogP contribution in [0, 0.1) is 10.1 Å². The predicted molar refractivity (Wildman–Crippen MR) is 115 cm³/mol. The molecule has 0 aliphatic rings. The summed E-state index contributed by atoms with van der Waals surface area (Å²) in [6.07, 6.45) is 1.63. The largest absolute Gasteiger partial charge is 0.467 e. The van der Waals surface area contributed by atoms with Crippen LogP contribution in [0.3, 0.4) is 0 Å². The molecule has 1 atom stereocenters. The van der Waals surface area contributed by atoms with Crippen LogP contribution in [0.5, 0.6) is 0 Å². The van der Waals surface area contributed by atoms with Gasteiger partial charge in [0, 0.05) is 0 Å². The van der Waals surface area contributed by atoms with Crippen molar-refractivity contribution in [3.05, 3.63) is 56.5 Å². The maximum atomic E-state index is 13.1. The van der Waals surface area contributed by atoms with Crippen molar-refractivity contribution in [3.63, 3.8) is 0 Å². The van der Waals surface area contributed by atoms with Crippen LogP contribution in [-0.4, -0.2) is 45.1 Å². The molecule has 0 radical (unpaired) electrons. The highest BCUT2D eigenvalue weighted by Gasteiger charge is 2.30. The van der Waals surface area contributed by atoms with Crippen LogP contribution in [-0.2, 0) is 26.1 Å². The number of rotatable bonds is 11. The topological polar surface area (TPSA) is 193 Å². The molecule has 180 valence electrons. The number of hydrogen-bond donors (Lipinski definition) is 3. The molecule has 0 fully saturated rings. The Morgan fingerprint density at radius 1 is 1.39 bits per heavy atom. The van der Waals surface area contributed by atoms with Crippen LogP contribution in [0.2, 0.25) is 5.02 Å². The summed E-state index contributed by atoms with van der Waals surface area (Å²) in [5.74, 6) is -1.48. The summed E-state index contributed by atoms with van der Waals surface area (Å²) < 4.78 is 34.1. The summed E-state index contributed by atoms with van der Waals surface area (Å²) in [5, 5.41) is 19.4. The van der Waals surface area contributed by atoms with E-state index in [4.69, 9.17) is 25.9 Å². The minimum absolute atomic E-state index is 0.00995. The lowest BCUT2D eigenvalue weighted by molar-refractivity contribution is -0.758. The molecule has 2 rings (SSSR count). The maximum Gasteiger partial charge on any atom is 0.340 e. The number of hydrogen-bond acceptors (Lipinski definition) is 10. The molecule has 1 heterocycles. The van der Waals surface area contributed by atoms with Crippen molar-refractivity contribution in [2.24, 2.45) is 5.14 Å². The van der Waals surface area contributed by atoms with Gasteiger partial charge in [0.25, 0.3) is 11.0 Å². The van der Waals surface area contributed by atoms with Crippen molar-refractivity contribution in [1.82, 2.24) is 5.32 Å². The van der Waals surface area contributed by atoms with Crippen molar-refractivity contribution in [3.8, 4) is 0 Å². The molecule has 2 aromatic rings. The van der Waals surface area contributed by atoms with E-state index in [1.165, 1.54) is 6.26 Å². The number of nitrogens with zero attached hydrogens (tertiary/aromatic N) is 1. The Hall–Kier alpha value is -3.36. The van der Waals surface area contributed by atoms with Gasteiger partial charge >= 0.3 is 5.97 Å². The molecule has 33 heavy (non-hydrogen) atoms. The van der Waals surface area contributed by atoms with Crippen molar-refractivity contribution < 1.29 is 37.1 Å². The molecule has 15 heteroatoms. The summed E-state index contributed by atoms with van der Waals surface area (Å²) in [6.45, 7) is 1.15. The molecule has 0 aliphatic heterocycles. The Bertz CT molecular complexity index is 1140. The zero-order valence-corrected chi connectivity index (χ0v) is 19.1. The summed E-state index contributed by atoms with van der Waals surface area (Å²) in [6, 6.07) is 3.28. The van der Waals surface area contributed by atoms with Crippen molar-refractivity contribution >= 4 is 39.2 Å². The molecule has 0 unspecified atom stereocenters. The van der Waals surface area contributed by atoms with Gasteiger partial charge in [0.2, 0.25) is 10.0 Å². The van der Waals surface area contributed by atoms with Gasteiger partial charge in [0.05, 0.1) is 47.8 Å². The minimum atomic E-state index is -4.46. The van der Waals surface area contributed by atoms with Gasteiger partial charge in [-0.15, -0.1) is 10.1 Å². The summed E-state index contributed by atoms with van der Waals surface area (Å²) in [4.78, 5) is 39.7. The van der Waals surface area contributed by atoms with E-state index in [-0.39, 0.29) is 24.2 Å². The van der Waals surface area contributed by atoms with Crippen LogP contribution in [0.4, 0.5) is 5.69 Å². The van der Waals surface area contributed by atoms with E-state index < -0.39 is 55.1 Å². The van der Waals surface area contributed by atoms with Crippen molar-refractivity contribution in [1.29, 1.82) is 0 Å². The number of nitrogens with two attached hydrogens (primary N) is 1. The molecule has 0 bridgehead atoms. The fraction of sp³-hybridized carbons (Fsp3) is 0.333. The number of sulfonamides is 1. The molecule has 0 saturated heterocycles. The van der Waals surface area contributed by atoms with E-state index in [9.17, 15) is 28.1 Å². The number of esters is 1. The van der Waals surface area contributed by atoms with E-state index in [0.717, 1.165) is 13.2 Å². The Labute approximate surface area is 193 Å². The first kappa shape index (κ1) is 25.9. The molecule has 0 aliphatic carbocycles. The zero-order chi connectivity index (χ0) is 24.8. The number of methoxy groups -OCH3 is 1. The Kier molecular flexibility index (Phi) is 8.62. The van der Waals surface area contributed by atoms with E-state index >= 15 is 0 Å². The van der Waals surface area contributed by atoms with E-state index in [1.54, 1.807) is 19.1 Å². The van der Waals surface area contributed by atoms with Gasteiger partial charge in [0.15, 0.2) is 0 Å². The van der Waals surface area contributed by atoms with Crippen LogP contribution >= 0.6 is 11.6 Å². The van der Waals surface area contributed by atoms with Crippen LogP contribution in [0.1, 0.15) is 39.8 Å². The number of ether oxygens (including phenoxy) is 1. The third-order valence-corrected chi connectivity index (χ3v) is 5.84. The van der Waals surface area contributed by atoms with Gasteiger partial charge in [-0.3, -0.25) is 4.79 Å². The average molecular weight is 505 g/mol. The third kappa shape index (κ3) is 6.57. The van der Waals surface area contributed by atoms with E-state index in [1.807, 2.05) is 0 Å². The first-order valence-electron chi connectivity index (χ1n) is 9.31. The third-order valence-electron chi connectivity index (χ3n) is 4.40. The van der Waals surface area contributed by atoms with Crippen LogP contribution in [0.25, 0.3) is 0 Å². The van der Waals surface area contributed by atoms with Gasteiger partial charge in [-0.2, -0.15) is 0 Å². The first-order chi connectivity index (χ1) is 15.5. The quantitative estimate of drug-likeness (QED) is 0.230. The number of amides is 1. The lowest BCUT2D eigenvalue weighted by Gasteiger charge is -2.21. The Morgan fingerprint density at radius 3 is 2.61 bits per heavy atom. The lowest BCUT2D eigenvalue weighted by Crippen LogP contribution is -2.39. The highest BCUT2D eigenvalue weighted by molar-refractivity contribution is 7.89. The lowest BCUT2D eigenvalue weighted by atomic mass is 10.0. The monoisotopic (exact) mass is 504 g/mol. The van der Waals surface area contributed by atoms with Crippen LogP contribution < -0.4 is 15.8 Å². The van der Waals surface area contributed by atoms with Gasteiger partial charge in [-0.1, -0.05) is 18.5 Å². The molecule has 0 spiro atoms. The van der Waals surface area contributed by atoms with E-state index in [0.29, 0.717) is 5.76 Å². The highest BCUT2D eigenvalue weighted by Crippen LogP contribution is 2.35. The molecule has 13 nitrogen and oxygen atoms in total. The summed E-state index contributed by atoms with van der Waals surface area (Å²) in [7, 11) is -3.40. The summed E-state index contributed by atoms with van der Waals surface area (Å²) >= 11 is 6.25. The zero-order valence-electron chi connectivity index (χ0n) is 17.5. The first-order valence-corrected chi connectivity index (χ1v) is 11.2. The average Bonchev–Trinajstić information content (AvgIpc) is 3.26. The maximum absolute atomic E-state index is 13.1. The van der Waals surface area contributed by atoms with Gasteiger partial charge in [-0.05, 0) is 24.6 Å². The molecule has 0 saturated carbocycles. The number of carbonyl (C=O) groups excluding carboxylic acids is 2. The standard InChI is InChI=1S/C18H21ClN4O9S/c1-3-10(9-32-23(26)27)22-17(24)14-15(19)13(33(20,28)29)7-12(18(25)30-2)16(14)21-8-11-5-4-6-31-11/h4-7,10,21H,3,8-9H2,1-2H3,(H,22,24)(H2,20,28,29)/t10-/m1/s1. The Balaban J connectivity index is 2.63. The van der Waals surface area contributed by atoms with Gasteiger partial charge in [-0.25, -0.2) is 18.4 Å². The molecule has 1 aromatic carbocycles. The molecule has 4 N–H and O–H groups in total. The highest BCUT2D eigenvalue weighted by atomic mass is 35.5. The molecule has 1 aromatic heterocycles. The van der Waals surface area contributed by atoms with Crippen LogP contribution in [0.15, 0.2) is 33.8 Å². The molecular formula is C18H21ClN4O9S. The fourth-order valence-electron chi connectivity index (χ4n) is 2.77. The van der Waals surface area contributed by atoms with Gasteiger partial charge in [0.1, 0.15) is 17.3 Å². The van der Waals surface area contributed by atoms with Crippen molar-refractivity contribution in [2.45, 2.75) is 30.8 Å². The SMILES string of the molecule is CC[C@H](CO[N+](=O)[O-])NC(=O)c1c(Cl)c(S(N)(=O)=O)cc(C(=O)OC)c1NCc1ccco1. The van der Waals surface area contributed by atoms with Crippen molar-refractivity contribution in [2.75, 3.05) is 19.0 Å². The Morgan fingerprint density at radius 2 is 2.09 bits per heavy atom. The van der Waals surface area contributed by atoms with Gasteiger partial charge < -0.3 is 24.6 Å². The number of carbonyl (C=O) groups is 2. The fourth-order valence-corrected chi connectivity index (χ4v) is 3.96. The van der Waals surface area contributed by atoms with E-state index in [2.05, 4.69) is 15.5 Å². The predicted octanol–water partition coefficient (Wildman–Crippen LogP) is 1.70. The normalized spacial score (nSPS) is 12.0. The second-order valence-corrected chi connectivity index (χ2v) is 8.46. The second kappa shape index (κ2) is 11.0. The number of nitrogens with one attached hydrogen (secondary N) is 2. The number of furan rings is 1.